The summed E-state index contributed by atoms with van der Waals surface area (Å²) in [5, 5.41) is 0. The van der Waals surface area contributed by atoms with Gasteiger partial charge in [-0.1, -0.05) is 12.8 Å². The van der Waals surface area contributed by atoms with E-state index in [-0.39, 0.29) is 50.4 Å². The van der Waals surface area contributed by atoms with Crippen LogP contribution >= 0.6 is 0 Å². The van der Waals surface area contributed by atoms with E-state index >= 15 is 0 Å². The van der Waals surface area contributed by atoms with Crippen LogP contribution in [0.5, 0.6) is 0 Å². The van der Waals surface area contributed by atoms with Gasteiger partial charge in [0, 0.05) is 39.8 Å². The Labute approximate surface area is 85.0 Å². The van der Waals surface area contributed by atoms with Gasteiger partial charge in [-0.2, -0.15) is 0 Å². The predicted octanol–water partition coefficient (Wildman–Crippen LogP) is -0.177. The van der Waals surface area contributed by atoms with Crippen LogP contribution in [0.1, 0.15) is 6.92 Å². The first-order valence-electron chi connectivity index (χ1n) is 2.79. The normalized spacial score (nSPS) is 24.2. The van der Waals surface area contributed by atoms with Crippen molar-refractivity contribution in [3.8, 4) is 0 Å². The zero-order chi connectivity index (χ0) is 7.02. The molecule has 1 unspecified atom stereocenters. The first-order chi connectivity index (χ1) is 4.13. The van der Waals surface area contributed by atoms with Crippen molar-refractivity contribution in [3.05, 3.63) is 6.42 Å². The molecule has 1 fully saturated rings. The van der Waals surface area contributed by atoms with E-state index < -0.39 is 0 Å². The van der Waals surface area contributed by atoms with Gasteiger partial charge in [0.15, 0.2) is 0 Å². The molecule has 0 aliphatic carbocycles. The minimum atomic E-state index is -0.220. The average molecular weight is 215 g/mol. The van der Waals surface area contributed by atoms with Gasteiger partial charge in [-0.3, -0.25) is 11.2 Å². The van der Waals surface area contributed by atoms with Crippen LogP contribution in [-0.2, 0) is 42.3 Å². The van der Waals surface area contributed by atoms with Gasteiger partial charge >= 0.3 is 0 Å². The summed E-state index contributed by atoms with van der Waals surface area (Å²) >= 11 is 0. The summed E-state index contributed by atoms with van der Waals surface area (Å²) in [6.07, 6.45) is 1.42. The Bertz CT molecular complexity index is 169. The van der Waals surface area contributed by atoms with Crippen molar-refractivity contribution in [3.63, 3.8) is 0 Å². The number of carbonyl (C=O) groups excluding carboxylic acids is 2. The predicted molar refractivity (Wildman–Crippen MR) is 31.2 cm³/mol. The quantitative estimate of drug-likeness (QED) is 0.415. The van der Waals surface area contributed by atoms with Crippen LogP contribution in [-0.4, -0.2) is 23.8 Å². The van der Waals surface area contributed by atoms with Crippen molar-refractivity contribution in [2.45, 2.75) is 6.92 Å². The maximum Gasteiger partial charge on any atom is 0.202 e. The number of imide groups is 1. The molecule has 0 spiro atoms. The van der Waals surface area contributed by atoms with Crippen LogP contribution in [0.3, 0.4) is 0 Å². The fourth-order valence-electron chi connectivity index (χ4n) is 0.811. The smallest absolute Gasteiger partial charge is 0.202 e. The monoisotopic (exact) mass is 215 g/mol. The summed E-state index contributed by atoms with van der Waals surface area (Å²) in [7, 11) is 1.49. The molecule has 1 radical (unpaired) electrons. The van der Waals surface area contributed by atoms with Gasteiger partial charge in [-0.05, 0) is 0 Å². The molecule has 1 aliphatic rings. The molecule has 0 aromatic rings. The third-order valence-electron chi connectivity index (χ3n) is 1.44. The molecule has 1 aliphatic heterocycles. The number of likely N-dealkylation sites (tertiary alicyclic amines) is 1. The molecule has 2 amide bonds. The van der Waals surface area contributed by atoms with Crippen molar-refractivity contribution >= 4 is 11.8 Å². The fraction of sp³-hybridized carbons (Fsp3) is 0.500. The zero-order valence-electron chi connectivity index (χ0n) is 6.00. The van der Waals surface area contributed by atoms with Gasteiger partial charge in [0.25, 0.3) is 0 Å². The van der Waals surface area contributed by atoms with Crippen molar-refractivity contribution < 1.29 is 42.3 Å². The molecule has 4 heteroatoms. The van der Waals surface area contributed by atoms with Crippen LogP contribution in [0.4, 0.5) is 0 Å². The van der Waals surface area contributed by atoms with E-state index in [2.05, 4.69) is 0 Å². The first kappa shape index (κ1) is 10.1. The topological polar surface area (TPSA) is 37.4 Å². The van der Waals surface area contributed by atoms with E-state index in [1.807, 2.05) is 0 Å². The summed E-state index contributed by atoms with van der Waals surface area (Å²) < 4.78 is 0. The molecule has 53 valence electrons. The summed E-state index contributed by atoms with van der Waals surface area (Å²) in [5.74, 6) is -0.519. The van der Waals surface area contributed by atoms with E-state index in [0.717, 1.165) is 4.90 Å². The van der Waals surface area contributed by atoms with Crippen molar-refractivity contribution in [2.75, 3.05) is 7.05 Å². The molecule has 1 rings (SSSR count). The standard InChI is InChI=1S/C6H8NO2.Y/c1-4-3-5(8)7(2)6(4)9;/h3-4H,1-2H3;/q-1;. The Kier molecular flexibility index (Phi) is 3.53. The summed E-state index contributed by atoms with van der Waals surface area (Å²) in [6, 6.07) is 0. The van der Waals surface area contributed by atoms with Gasteiger partial charge in [0.2, 0.25) is 5.91 Å². The van der Waals surface area contributed by atoms with Crippen LogP contribution < -0.4 is 0 Å². The number of rotatable bonds is 0. The van der Waals surface area contributed by atoms with Crippen molar-refractivity contribution in [1.29, 1.82) is 0 Å². The van der Waals surface area contributed by atoms with Gasteiger partial charge in [0.05, 0.1) is 5.91 Å². The molecular formula is C6H8NO2Y-. The second-order valence-electron chi connectivity index (χ2n) is 2.19. The molecular weight excluding hydrogens is 207 g/mol. The van der Waals surface area contributed by atoms with E-state index in [1.165, 1.54) is 13.5 Å². The Balaban J connectivity index is 0.000000810. The molecule has 0 saturated carbocycles. The molecule has 1 saturated heterocycles. The van der Waals surface area contributed by atoms with Gasteiger partial charge in [-0.25, -0.2) is 0 Å². The largest absolute Gasteiger partial charge is 0.313 e. The molecule has 3 nitrogen and oxygen atoms in total. The summed E-state index contributed by atoms with van der Waals surface area (Å²) in [4.78, 5) is 22.6. The summed E-state index contributed by atoms with van der Waals surface area (Å²) in [5.41, 5.74) is 0. The second kappa shape index (κ2) is 3.49. The second-order valence-corrected chi connectivity index (χ2v) is 2.19. The van der Waals surface area contributed by atoms with E-state index in [1.54, 1.807) is 6.92 Å². The molecule has 0 aromatic heterocycles. The van der Waals surface area contributed by atoms with E-state index in [0.29, 0.717) is 0 Å². The number of hydrogen-bond acceptors (Lipinski definition) is 2. The van der Waals surface area contributed by atoms with Crippen molar-refractivity contribution in [1.82, 2.24) is 4.90 Å². The number of carbonyl (C=O) groups is 2. The third-order valence-corrected chi connectivity index (χ3v) is 1.44. The average Bonchev–Trinajstić information content (AvgIpc) is 1.98. The Morgan fingerprint density at radius 2 is 2.00 bits per heavy atom. The van der Waals surface area contributed by atoms with E-state index in [4.69, 9.17) is 0 Å². The van der Waals surface area contributed by atoms with Gasteiger partial charge in [0.1, 0.15) is 0 Å². The summed E-state index contributed by atoms with van der Waals surface area (Å²) in [6.45, 7) is 1.71. The maximum absolute atomic E-state index is 10.8. The molecule has 0 N–H and O–H groups in total. The maximum atomic E-state index is 10.8. The van der Waals surface area contributed by atoms with Crippen molar-refractivity contribution in [2.24, 2.45) is 5.92 Å². The minimum absolute atomic E-state index is 0. The fourth-order valence-corrected chi connectivity index (χ4v) is 0.811. The Morgan fingerprint density at radius 1 is 1.50 bits per heavy atom. The minimum Gasteiger partial charge on any atom is -0.313 e. The zero-order valence-corrected chi connectivity index (χ0v) is 8.83. The SMILES string of the molecule is CC1[CH-]C(=O)N(C)C1=O.[Y]. The molecule has 10 heavy (non-hydrogen) atoms. The third kappa shape index (κ3) is 1.58. The molecule has 0 bridgehead atoms. The van der Waals surface area contributed by atoms with Crippen LogP contribution in [0.2, 0.25) is 0 Å². The van der Waals surface area contributed by atoms with Crippen LogP contribution in [0.25, 0.3) is 0 Å². The van der Waals surface area contributed by atoms with Gasteiger partial charge in [-0.15, -0.1) is 0 Å². The van der Waals surface area contributed by atoms with E-state index in [9.17, 15) is 9.59 Å². The first-order valence-corrected chi connectivity index (χ1v) is 2.79. The molecule has 0 aromatic carbocycles. The van der Waals surface area contributed by atoms with Crippen LogP contribution in [0, 0.1) is 12.3 Å². The Hall–Kier alpha value is 0.114. The molecule has 1 heterocycles. The van der Waals surface area contributed by atoms with Gasteiger partial charge < -0.3 is 9.69 Å². The number of nitrogens with zero attached hydrogens (tertiary/aromatic N) is 1. The Morgan fingerprint density at radius 3 is 2.10 bits per heavy atom. The van der Waals surface area contributed by atoms with Crippen LogP contribution in [0.15, 0.2) is 0 Å². The number of hydrogen-bond donors (Lipinski definition) is 0. The molecule has 1 atom stereocenters. The number of amides is 2.